The fourth-order valence-corrected chi connectivity index (χ4v) is 4.22. The van der Waals surface area contributed by atoms with Crippen molar-refractivity contribution in [2.45, 2.75) is 65.7 Å². The Labute approximate surface area is 198 Å². The first kappa shape index (κ1) is 23.6. The van der Waals surface area contributed by atoms with Gasteiger partial charge in [-0.3, -0.25) is 4.98 Å². The zero-order valence-electron chi connectivity index (χ0n) is 19.0. The van der Waals surface area contributed by atoms with E-state index in [1.807, 2.05) is 46.0 Å². The first-order chi connectivity index (χ1) is 14.5. The van der Waals surface area contributed by atoms with Crippen LogP contribution in [0, 0.1) is 9.49 Å². The monoisotopic (exact) mass is 538 g/mol. The lowest BCUT2D eigenvalue weighted by Crippen LogP contribution is -2.42. The minimum atomic E-state index is -0.541. The van der Waals surface area contributed by atoms with E-state index in [-0.39, 0.29) is 12.1 Å². The third-order valence-corrected chi connectivity index (χ3v) is 5.68. The molecule has 3 rings (SSSR count). The number of hydrogen-bond acceptors (Lipinski definition) is 5. The molecule has 0 bridgehead atoms. The summed E-state index contributed by atoms with van der Waals surface area (Å²) >= 11 is 2.27. The number of aromatic nitrogens is 1. The molecule has 2 aromatic rings. The predicted octanol–water partition coefficient (Wildman–Crippen LogP) is 6.12. The van der Waals surface area contributed by atoms with Gasteiger partial charge < -0.3 is 19.5 Å². The van der Waals surface area contributed by atoms with Gasteiger partial charge in [0, 0.05) is 35.2 Å². The molecule has 1 unspecified atom stereocenters. The average Bonchev–Trinajstić information content (AvgIpc) is 2.65. The Morgan fingerprint density at radius 3 is 2.71 bits per heavy atom. The van der Waals surface area contributed by atoms with E-state index in [4.69, 9.17) is 14.2 Å². The Balaban J connectivity index is 1.76. The molecule has 6 nitrogen and oxygen atoms in total. The second kappa shape index (κ2) is 9.63. The van der Waals surface area contributed by atoms with Crippen molar-refractivity contribution >= 4 is 28.7 Å². The Kier molecular flexibility index (Phi) is 7.34. The number of rotatable bonds is 6. The lowest BCUT2D eigenvalue weighted by atomic mass is 9.95. The maximum absolute atomic E-state index is 12.3. The number of ether oxygens (including phenoxy) is 3. The number of benzene rings is 1. The number of nitrogens with zero attached hydrogens (tertiary/aromatic N) is 1. The largest absolute Gasteiger partial charge is 0.490 e. The normalized spacial score (nSPS) is 16.1. The summed E-state index contributed by atoms with van der Waals surface area (Å²) in [5.41, 5.74) is 2.69. The smallest absolute Gasteiger partial charge is 0.407 e. The van der Waals surface area contributed by atoms with Crippen molar-refractivity contribution in [1.82, 2.24) is 10.3 Å². The molecule has 1 aromatic carbocycles. The molecule has 0 fully saturated rings. The topological polar surface area (TPSA) is 69.7 Å². The van der Waals surface area contributed by atoms with Crippen LogP contribution in [0.15, 0.2) is 30.6 Å². The van der Waals surface area contributed by atoms with E-state index in [1.165, 1.54) is 0 Å². The van der Waals surface area contributed by atoms with Crippen LogP contribution in [0.4, 0.5) is 4.79 Å². The highest BCUT2D eigenvalue weighted by atomic mass is 127. The average molecular weight is 538 g/mol. The Hall–Kier alpha value is -2.03. The van der Waals surface area contributed by atoms with Gasteiger partial charge in [-0.15, -0.1) is 0 Å². The molecular formula is C24H31IN2O4. The summed E-state index contributed by atoms with van der Waals surface area (Å²) in [7, 11) is 0. The van der Waals surface area contributed by atoms with Crippen molar-refractivity contribution in [1.29, 1.82) is 0 Å². The summed E-state index contributed by atoms with van der Waals surface area (Å²) < 4.78 is 18.7. The number of amides is 1. The number of nitrogens with one attached hydrogen (secondary N) is 1. The molecule has 1 N–H and O–H groups in total. The van der Waals surface area contributed by atoms with E-state index in [1.54, 1.807) is 6.20 Å². The summed E-state index contributed by atoms with van der Waals surface area (Å²) in [6.45, 7) is 12.2. The van der Waals surface area contributed by atoms with Crippen molar-refractivity contribution in [3.8, 4) is 22.6 Å². The first-order valence-electron chi connectivity index (χ1n) is 10.6. The Bertz CT molecular complexity index is 940. The third kappa shape index (κ3) is 6.24. The maximum Gasteiger partial charge on any atom is 0.407 e. The first-order valence-corrected chi connectivity index (χ1v) is 11.7. The fourth-order valence-electron chi connectivity index (χ4n) is 3.59. The quantitative estimate of drug-likeness (QED) is 0.449. The number of pyridine rings is 1. The standard InChI is InChI=1S/C24H31IN2O4/c1-14(2)9-16(27-23(28)31-24(4,5)6)13-29-22-11-21-18(10-20(22)25)19-12-26-8-7-17(19)15(3)30-21/h7-8,10-12,14-16H,9,13H2,1-6H3,(H,27,28)/t15?,16-/m0/s1. The highest BCUT2D eigenvalue weighted by Gasteiger charge is 2.25. The summed E-state index contributed by atoms with van der Waals surface area (Å²) in [5.74, 6) is 1.92. The van der Waals surface area contributed by atoms with E-state index in [0.717, 1.165) is 38.2 Å². The zero-order chi connectivity index (χ0) is 22.8. The molecule has 7 heteroatoms. The molecule has 31 heavy (non-hydrogen) atoms. The minimum Gasteiger partial charge on any atom is -0.490 e. The number of carbonyl (C=O) groups is 1. The van der Waals surface area contributed by atoms with Gasteiger partial charge in [-0.05, 0) is 74.8 Å². The molecule has 168 valence electrons. The predicted molar refractivity (Wildman–Crippen MR) is 130 cm³/mol. The molecule has 2 heterocycles. The van der Waals surface area contributed by atoms with Gasteiger partial charge in [-0.25, -0.2) is 4.79 Å². The molecule has 2 atom stereocenters. The third-order valence-electron chi connectivity index (χ3n) is 4.84. The zero-order valence-corrected chi connectivity index (χ0v) is 21.1. The molecule has 1 aliphatic heterocycles. The van der Waals surface area contributed by atoms with Gasteiger partial charge in [0.15, 0.2) is 0 Å². The van der Waals surface area contributed by atoms with Crippen LogP contribution in [-0.4, -0.2) is 29.3 Å². The van der Waals surface area contributed by atoms with Crippen LogP contribution in [0.1, 0.15) is 59.6 Å². The van der Waals surface area contributed by atoms with Crippen LogP contribution >= 0.6 is 22.6 Å². The summed E-state index contributed by atoms with van der Waals surface area (Å²) in [4.78, 5) is 16.5. The van der Waals surface area contributed by atoms with Crippen LogP contribution < -0.4 is 14.8 Å². The molecule has 1 aromatic heterocycles. The highest BCUT2D eigenvalue weighted by molar-refractivity contribution is 14.1. The number of carbonyl (C=O) groups excluding carboxylic acids is 1. The Morgan fingerprint density at radius 2 is 2.03 bits per heavy atom. The van der Waals surface area contributed by atoms with Crippen molar-refractivity contribution in [3.63, 3.8) is 0 Å². The number of hydrogen-bond donors (Lipinski definition) is 1. The molecular weight excluding hydrogens is 507 g/mol. The molecule has 0 saturated carbocycles. The van der Waals surface area contributed by atoms with E-state index in [0.29, 0.717) is 12.5 Å². The Morgan fingerprint density at radius 1 is 1.29 bits per heavy atom. The van der Waals surface area contributed by atoms with Crippen LogP contribution in [0.25, 0.3) is 11.1 Å². The molecule has 0 spiro atoms. The number of fused-ring (bicyclic) bond motifs is 3. The second-order valence-electron chi connectivity index (χ2n) is 9.29. The van der Waals surface area contributed by atoms with Gasteiger partial charge in [0.2, 0.25) is 0 Å². The summed E-state index contributed by atoms with van der Waals surface area (Å²) in [6, 6.07) is 5.84. The lowest BCUT2D eigenvalue weighted by molar-refractivity contribution is 0.0480. The molecule has 0 saturated heterocycles. The van der Waals surface area contributed by atoms with Crippen LogP contribution in [0.3, 0.4) is 0 Å². The maximum atomic E-state index is 12.3. The lowest BCUT2D eigenvalue weighted by Gasteiger charge is -2.27. The van der Waals surface area contributed by atoms with Gasteiger partial charge in [0.25, 0.3) is 0 Å². The van der Waals surface area contributed by atoms with Crippen molar-refractivity contribution < 1.29 is 19.0 Å². The van der Waals surface area contributed by atoms with Gasteiger partial charge >= 0.3 is 6.09 Å². The van der Waals surface area contributed by atoms with E-state index in [9.17, 15) is 4.79 Å². The number of alkyl carbamates (subject to hydrolysis) is 1. The molecule has 1 amide bonds. The van der Waals surface area contributed by atoms with Gasteiger partial charge in [-0.2, -0.15) is 0 Å². The van der Waals surface area contributed by atoms with Crippen molar-refractivity contribution in [2.75, 3.05) is 6.61 Å². The van der Waals surface area contributed by atoms with Gasteiger partial charge in [0.1, 0.15) is 29.8 Å². The second-order valence-corrected chi connectivity index (χ2v) is 10.4. The van der Waals surface area contributed by atoms with Crippen LogP contribution in [-0.2, 0) is 4.74 Å². The minimum absolute atomic E-state index is 0.0547. The summed E-state index contributed by atoms with van der Waals surface area (Å²) in [5, 5.41) is 2.95. The SMILES string of the molecule is CC(C)C[C@@H](COc1cc2c(cc1I)-c1cnccc1C(C)O2)NC(=O)OC(C)(C)C. The van der Waals surface area contributed by atoms with E-state index < -0.39 is 11.7 Å². The summed E-state index contributed by atoms with van der Waals surface area (Å²) in [6.07, 6.45) is 3.98. The van der Waals surface area contributed by atoms with Gasteiger partial charge in [0.05, 0.1) is 9.61 Å². The van der Waals surface area contributed by atoms with E-state index >= 15 is 0 Å². The highest BCUT2D eigenvalue weighted by Crippen LogP contribution is 2.44. The van der Waals surface area contributed by atoms with Crippen LogP contribution in [0.2, 0.25) is 0 Å². The number of halogens is 1. The van der Waals surface area contributed by atoms with Gasteiger partial charge in [-0.1, -0.05) is 13.8 Å². The van der Waals surface area contributed by atoms with Crippen molar-refractivity contribution in [2.24, 2.45) is 5.92 Å². The molecule has 0 aliphatic carbocycles. The van der Waals surface area contributed by atoms with Crippen molar-refractivity contribution in [3.05, 3.63) is 39.7 Å². The van der Waals surface area contributed by atoms with E-state index in [2.05, 4.69) is 52.8 Å². The van der Waals surface area contributed by atoms with Crippen LogP contribution in [0.5, 0.6) is 11.5 Å². The molecule has 1 aliphatic rings. The molecule has 0 radical (unpaired) electrons. The fraction of sp³-hybridized carbons (Fsp3) is 0.500.